The van der Waals surface area contributed by atoms with Crippen molar-refractivity contribution >= 4 is 29.3 Å². The Morgan fingerprint density at radius 3 is 2.64 bits per heavy atom. The molecule has 0 bridgehead atoms. The number of carbonyl (C=O) groups excluding carboxylic acids is 1. The summed E-state index contributed by atoms with van der Waals surface area (Å²) in [7, 11) is 1.31. The van der Waals surface area contributed by atoms with Crippen LogP contribution in [0.3, 0.4) is 0 Å². The molecule has 0 fully saturated rings. The number of hydrogen-bond donors (Lipinski definition) is 0. The van der Waals surface area contributed by atoms with Crippen molar-refractivity contribution in [3.8, 4) is 17.6 Å². The lowest BCUT2D eigenvalue weighted by molar-refractivity contribution is -0.385. The molecule has 9 heteroatoms. The van der Waals surface area contributed by atoms with Crippen LogP contribution >= 0.6 is 11.6 Å². The van der Waals surface area contributed by atoms with Crippen molar-refractivity contribution < 1.29 is 24.3 Å². The van der Waals surface area contributed by atoms with E-state index in [4.69, 9.17) is 26.3 Å². The maximum atomic E-state index is 11.1. The van der Waals surface area contributed by atoms with Crippen molar-refractivity contribution in [2.24, 2.45) is 0 Å². The normalized spacial score (nSPS) is 10.7. The quantitative estimate of drug-likeness (QED) is 0.239. The SMILES string of the molecule is COc1cc(/C=C(\C#N)C(=O)[O-])c([N+](=O)[O-])cc1OCCCl. The molecule has 0 spiro atoms. The fourth-order valence-electron chi connectivity index (χ4n) is 1.55. The highest BCUT2D eigenvalue weighted by Crippen LogP contribution is 2.35. The summed E-state index contributed by atoms with van der Waals surface area (Å²) in [5.74, 6) is -1.35. The van der Waals surface area contributed by atoms with E-state index in [1.807, 2.05) is 0 Å². The fourth-order valence-corrected chi connectivity index (χ4v) is 1.63. The van der Waals surface area contributed by atoms with Gasteiger partial charge in [0.15, 0.2) is 11.5 Å². The van der Waals surface area contributed by atoms with E-state index in [-0.39, 0.29) is 29.5 Å². The second-order valence-corrected chi connectivity index (χ2v) is 4.19. The Bertz CT molecular complexity index is 665. The van der Waals surface area contributed by atoms with Gasteiger partial charge < -0.3 is 19.4 Å². The lowest BCUT2D eigenvalue weighted by Gasteiger charge is -2.11. The van der Waals surface area contributed by atoms with Crippen molar-refractivity contribution in [2.45, 2.75) is 0 Å². The highest BCUT2D eigenvalue weighted by Gasteiger charge is 2.19. The van der Waals surface area contributed by atoms with Gasteiger partial charge in [0.1, 0.15) is 12.7 Å². The van der Waals surface area contributed by atoms with Gasteiger partial charge in [-0.15, -0.1) is 11.6 Å². The monoisotopic (exact) mass is 325 g/mol. The second-order valence-electron chi connectivity index (χ2n) is 3.81. The van der Waals surface area contributed by atoms with E-state index < -0.39 is 22.2 Å². The van der Waals surface area contributed by atoms with E-state index in [1.165, 1.54) is 19.2 Å². The van der Waals surface area contributed by atoms with Crippen LogP contribution in [0.25, 0.3) is 6.08 Å². The molecule has 1 rings (SSSR count). The highest BCUT2D eigenvalue weighted by atomic mass is 35.5. The lowest BCUT2D eigenvalue weighted by Crippen LogP contribution is -2.23. The zero-order valence-electron chi connectivity index (χ0n) is 11.4. The molecular formula is C13H10ClN2O6-. The fraction of sp³-hybridized carbons (Fsp3) is 0.231. The number of ether oxygens (including phenoxy) is 2. The Morgan fingerprint density at radius 2 is 2.18 bits per heavy atom. The molecule has 1 aromatic carbocycles. The summed E-state index contributed by atoms with van der Waals surface area (Å²) in [6, 6.07) is 3.66. The molecule has 0 saturated heterocycles. The third kappa shape index (κ3) is 4.10. The summed E-state index contributed by atoms with van der Waals surface area (Å²) in [5.41, 5.74) is -1.32. The molecule has 0 atom stereocenters. The third-order valence-corrected chi connectivity index (χ3v) is 2.64. The van der Waals surface area contributed by atoms with Crippen LogP contribution in [-0.4, -0.2) is 30.5 Å². The van der Waals surface area contributed by atoms with E-state index in [0.717, 1.165) is 12.1 Å². The topological polar surface area (TPSA) is 126 Å². The minimum Gasteiger partial charge on any atom is -0.544 e. The molecule has 0 N–H and O–H groups in total. The molecule has 0 amide bonds. The molecule has 0 saturated carbocycles. The smallest absolute Gasteiger partial charge is 0.280 e. The highest BCUT2D eigenvalue weighted by molar-refractivity contribution is 6.18. The molecule has 0 aromatic heterocycles. The van der Waals surface area contributed by atoms with Crippen molar-refractivity contribution in [3.05, 3.63) is 33.4 Å². The Kier molecular flexibility index (Phi) is 6.16. The number of methoxy groups -OCH3 is 1. The number of carboxylic acids is 1. The van der Waals surface area contributed by atoms with Crippen LogP contribution in [0.4, 0.5) is 5.69 Å². The van der Waals surface area contributed by atoms with Crippen molar-refractivity contribution in [1.29, 1.82) is 5.26 Å². The van der Waals surface area contributed by atoms with Gasteiger partial charge in [-0.05, 0) is 12.1 Å². The predicted octanol–water partition coefficient (Wildman–Crippen LogP) is 0.878. The molecule has 8 nitrogen and oxygen atoms in total. The van der Waals surface area contributed by atoms with Gasteiger partial charge in [-0.2, -0.15) is 5.26 Å². The first-order chi connectivity index (χ1) is 10.4. The lowest BCUT2D eigenvalue weighted by atomic mass is 10.1. The maximum absolute atomic E-state index is 11.1. The van der Waals surface area contributed by atoms with Gasteiger partial charge in [0.2, 0.25) is 0 Å². The molecule has 0 radical (unpaired) electrons. The Hall–Kier alpha value is -2.79. The number of rotatable bonds is 7. The number of alkyl halides is 1. The Morgan fingerprint density at radius 1 is 1.50 bits per heavy atom. The number of nitro benzene ring substituents is 1. The first kappa shape index (κ1) is 17.3. The van der Waals surface area contributed by atoms with Crippen LogP contribution in [0.1, 0.15) is 5.56 Å². The summed E-state index contributed by atoms with van der Waals surface area (Å²) >= 11 is 5.49. The summed E-state index contributed by atoms with van der Waals surface area (Å²) in [5, 5.41) is 30.5. The average Bonchev–Trinajstić information content (AvgIpc) is 2.49. The first-order valence-electron chi connectivity index (χ1n) is 5.83. The molecule has 1 aromatic rings. The van der Waals surface area contributed by atoms with E-state index in [0.29, 0.717) is 0 Å². The summed E-state index contributed by atoms with van der Waals surface area (Å²) < 4.78 is 10.3. The van der Waals surface area contributed by atoms with E-state index >= 15 is 0 Å². The molecule has 0 unspecified atom stereocenters. The minimum absolute atomic E-state index is 0.0824. The van der Waals surface area contributed by atoms with Crippen LogP contribution < -0.4 is 14.6 Å². The van der Waals surface area contributed by atoms with Crippen LogP contribution in [0.2, 0.25) is 0 Å². The van der Waals surface area contributed by atoms with Gasteiger partial charge in [-0.1, -0.05) is 0 Å². The van der Waals surface area contributed by atoms with Crippen molar-refractivity contribution in [3.63, 3.8) is 0 Å². The number of nitriles is 1. The molecule has 22 heavy (non-hydrogen) atoms. The largest absolute Gasteiger partial charge is 0.544 e. The maximum Gasteiger partial charge on any atom is 0.280 e. The van der Waals surface area contributed by atoms with Gasteiger partial charge in [0, 0.05) is 0 Å². The van der Waals surface area contributed by atoms with E-state index in [2.05, 4.69) is 0 Å². The first-order valence-corrected chi connectivity index (χ1v) is 6.36. The number of aliphatic carboxylic acids is 1. The van der Waals surface area contributed by atoms with Crippen molar-refractivity contribution in [1.82, 2.24) is 0 Å². The zero-order chi connectivity index (χ0) is 16.7. The Balaban J connectivity index is 3.47. The number of carbonyl (C=O) groups is 1. The van der Waals surface area contributed by atoms with Gasteiger partial charge in [-0.25, -0.2) is 0 Å². The molecule has 0 heterocycles. The number of nitro groups is 1. The summed E-state index contributed by atoms with van der Waals surface area (Å²) in [6.45, 7) is 0.104. The summed E-state index contributed by atoms with van der Waals surface area (Å²) in [4.78, 5) is 21.1. The Labute approximate surface area is 130 Å². The molecule has 0 aliphatic heterocycles. The number of halogens is 1. The van der Waals surface area contributed by atoms with Gasteiger partial charge in [0.25, 0.3) is 5.69 Å². The zero-order valence-corrected chi connectivity index (χ0v) is 12.1. The molecule has 0 aliphatic carbocycles. The number of nitrogens with zero attached hydrogens (tertiary/aromatic N) is 2. The number of carboxylic acid groups (broad SMARTS) is 1. The summed E-state index contributed by atoms with van der Waals surface area (Å²) in [6.07, 6.45) is 0.835. The predicted molar refractivity (Wildman–Crippen MR) is 74.5 cm³/mol. The average molecular weight is 326 g/mol. The van der Waals surface area contributed by atoms with E-state index in [9.17, 15) is 20.0 Å². The van der Waals surface area contributed by atoms with Crippen LogP contribution in [0.5, 0.6) is 11.5 Å². The standard InChI is InChI=1S/C13H11ClN2O6/c1-21-11-5-8(4-9(7-15)13(17)18)10(16(19)20)6-12(11)22-3-2-14/h4-6H,2-3H2,1H3,(H,17,18)/p-1/b9-4+. The molecule has 116 valence electrons. The molecular weight excluding hydrogens is 316 g/mol. The molecule has 0 aliphatic rings. The number of hydrogen-bond acceptors (Lipinski definition) is 7. The van der Waals surface area contributed by atoms with Crippen LogP contribution in [0.15, 0.2) is 17.7 Å². The van der Waals surface area contributed by atoms with E-state index in [1.54, 1.807) is 0 Å². The second kappa shape index (κ2) is 7.85. The third-order valence-electron chi connectivity index (χ3n) is 2.48. The minimum atomic E-state index is -1.74. The van der Waals surface area contributed by atoms with Crippen molar-refractivity contribution in [2.75, 3.05) is 19.6 Å². The van der Waals surface area contributed by atoms with Crippen LogP contribution in [0, 0.1) is 21.4 Å². The van der Waals surface area contributed by atoms with Gasteiger partial charge in [-0.3, -0.25) is 10.1 Å². The van der Waals surface area contributed by atoms with Gasteiger partial charge in [0.05, 0.1) is 41.1 Å². The van der Waals surface area contributed by atoms with Crippen LogP contribution in [-0.2, 0) is 4.79 Å². The van der Waals surface area contributed by atoms with Gasteiger partial charge >= 0.3 is 0 Å². The number of benzene rings is 1.